The van der Waals surface area contributed by atoms with Crippen LogP contribution in [-0.2, 0) is 14.3 Å². The van der Waals surface area contributed by atoms with Gasteiger partial charge in [0.1, 0.15) is 35.9 Å². The number of ether oxygens (including phenoxy) is 2. The van der Waals surface area contributed by atoms with Gasteiger partial charge in [-0.3, -0.25) is 4.79 Å². The molecule has 5 N–H and O–H groups in total. The fourth-order valence-electron chi connectivity index (χ4n) is 5.78. The summed E-state index contributed by atoms with van der Waals surface area (Å²) in [5, 5.41) is 37.8. The van der Waals surface area contributed by atoms with Crippen molar-refractivity contribution >= 4 is 17.7 Å². The Hall–Kier alpha value is -0.680. The Morgan fingerprint density at radius 1 is 1.18 bits per heavy atom. The van der Waals surface area contributed by atoms with Crippen LogP contribution in [0.4, 0.5) is 0 Å². The lowest BCUT2D eigenvalue weighted by Crippen LogP contribution is -2.63. The number of rotatable bonds is 4. The molecular formula is C24H40N2O6S. The Labute approximate surface area is 200 Å². The van der Waals surface area contributed by atoms with Crippen molar-refractivity contribution in [2.24, 2.45) is 17.8 Å². The van der Waals surface area contributed by atoms with Crippen molar-refractivity contribution < 1.29 is 29.6 Å². The Balaban J connectivity index is 1.44. The first kappa shape index (κ1) is 25.4. The monoisotopic (exact) mass is 484 g/mol. The zero-order chi connectivity index (χ0) is 23.5. The summed E-state index contributed by atoms with van der Waals surface area (Å²) in [6.45, 7) is 5.93. The van der Waals surface area contributed by atoms with Crippen LogP contribution in [0.1, 0.15) is 46.0 Å². The van der Waals surface area contributed by atoms with Crippen molar-refractivity contribution in [2.75, 3.05) is 18.9 Å². The normalized spacial score (nSPS) is 45.2. The molecule has 4 rings (SSSR count). The summed E-state index contributed by atoms with van der Waals surface area (Å²) in [5.74, 6) is 2.17. The van der Waals surface area contributed by atoms with Gasteiger partial charge in [0.2, 0.25) is 5.91 Å². The average molecular weight is 485 g/mol. The quantitative estimate of drug-likeness (QED) is 0.372. The fraction of sp³-hybridized carbons (Fsp3) is 0.875. The third kappa shape index (κ3) is 5.94. The number of hydrogen-bond acceptors (Lipinski definition) is 8. The smallest absolute Gasteiger partial charge is 0.240 e. The van der Waals surface area contributed by atoms with E-state index < -0.39 is 41.9 Å². The van der Waals surface area contributed by atoms with Crippen LogP contribution in [0.2, 0.25) is 0 Å². The van der Waals surface area contributed by atoms with Crippen molar-refractivity contribution in [3.05, 3.63) is 12.2 Å². The predicted molar refractivity (Wildman–Crippen MR) is 127 cm³/mol. The van der Waals surface area contributed by atoms with E-state index in [1.807, 2.05) is 6.08 Å². The number of aliphatic hydroxyl groups is 3. The second-order valence-electron chi connectivity index (χ2n) is 10.4. The third-order valence-corrected chi connectivity index (χ3v) is 8.60. The number of carbonyl (C=O) groups excluding carboxylic acids is 1. The van der Waals surface area contributed by atoms with Crippen LogP contribution in [0.5, 0.6) is 0 Å². The van der Waals surface area contributed by atoms with Gasteiger partial charge in [-0.25, -0.2) is 0 Å². The second-order valence-corrected chi connectivity index (χ2v) is 11.6. The Morgan fingerprint density at radius 2 is 2.00 bits per heavy atom. The van der Waals surface area contributed by atoms with E-state index in [2.05, 4.69) is 30.6 Å². The Bertz CT molecular complexity index is 694. The van der Waals surface area contributed by atoms with Gasteiger partial charge in [0, 0.05) is 13.2 Å². The van der Waals surface area contributed by atoms with Gasteiger partial charge in [-0.2, -0.15) is 0 Å². The highest BCUT2D eigenvalue weighted by Crippen LogP contribution is 2.34. The standard InChI is InChI=1S/C24H40N2O6S/c1-13(2)10-14-7-8-31-21-15(11-14)12-25-17(21)23(30)26-16-6-4-3-5-9-33-24-20(29)18(27)19(28)22(16)32-24/h3-4,13-22,24-25,27-29H,5-12H2,1-2H3,(H,26,30)/b4-3-/t14-,15-,16+,17-,18-,19+,20+,21+,22+,24+/m0/s1. The van der Waals surface area contributed by atoms with Gasteiger partial charge in [-0.05, 0) is 55.6 Å². The molecule has 8 nitrogen and oxygen atoms in total. The topological polar surface area (TPSA) is 120 Å². The van der Waals surface area contributed by atoms with Gasteiger partial charge in [0.15, 0.2) is 0 Å². The molecule has 3 saturated heterocycles. The maximum absolute atomic E-state index is 13.4. The molecule has 0 unspecified atom stereocenters. The molecule has 3 fully saturated rings. The lowest BCUT2D eigenvalue weighted by atomic mass is 9.85. The number of amides is 1. The number of fused-ring (bicyclic) bond motifs is 3. The number of thioether (sulfide) groups is 1. The Kier molecular flexibility index (Phi) is 8.76. The first-order chi connectivity index (χ1) is 15.8. The minimum atomic E-state index is -1.32. The zero-order valence-electron chi connectivity index (χ0n) is 19.6. The third-order valence-electron chi connectivity index (χ3n) is 7.41. The molecule has 33 heavy (non-hydrogen) atoms. The molecule has 9 heteroatoms. The molecule has 0 saturated carbocycles. The highest BCUT2D eigenvalue weighted by atomic mass is 32.2. The fourth-order valence-corrected chi connectivity index (χ4v) is 6.85. The first-order valence-corrected chi connectivity index (χ1v) is 13.5. The first-order valence-electron chi connectivity index (χ1n) is 12.5. The van der Waals surface area contributed by atoms with Crippen LogP contribution in [0.15, 0.2) is 12.2 Å². The lowest BCUT2D eigenvalue weighted by molar-refractivity contribution is -0.205. The van der Waals surface area contributed by atoms with Crippen molar-refractivity contribution in [3.63, 3.8) is 0 Å². The van der Waals surface area contributed by atoms with Crippen LogP contribution in [0.25, 0.3) is 0 Å². The Morgan fingerprint density at radius 3 is 2.79 bits per heavy atom. The molecule has 188 valence electrons. The van der Waals surface area contributed by atoms with E-state index >= 15 is 0 Å². The molecule has 4 aliphatic heterocycles. The molecule has 0 spiro atoms. The predicted octanol–water partition coefficient (Wildman–Crippen LogP) is 0.791. The average Bonchev–Trinajstić information content (AvgIpc) is 3.06. The zero-order valence-corrected chi connectivity index (χ0v) is 20.5. The number of allylic oxidation sites excluding steroid dienone is 1. The molecule has 4 aliphatic rings. The van der Waals surface area contributed by atoms with Gasteiger partial charge >= 0.3 is 0 Å². The van der Waals surface area contributed by atoms with Crippen LogP contribution in [0.3, 0.4) is 0 Å². The molecule has 1 amide bonds. The maximum Gasteiger partial charge on any atom is 0.240 e. The molecule has 0 radical (unpaired) electrons. The van der Waals surface area contributed by atoms with Crippen molar-refractivity contribution in [2.45, 2.75) is 94.0 Å². The number of hydrogen-bond donors (Lipinski definition) is 5. The summed E-state index contributed by atoms with van der Waals surface area (Å²) >= 11 is 1.42. The van der Waals surface area contributed by atoms with E-state index in [0.717, 1.165) is 31.6 Å². The van der Waals surface area contributed by atoms with Gasteiger partial charge < -0.3 is 35.4 Å². The summed E-state index contributed by atoms with van der Waals surface area (Å²) in [6.07, 6.45) is 3.86. The summed E-state index contributed by atoms with van der Waals surface area (Å²) in [6, 6.07) is -0.971. The summed E-state index contributed by atoms with van der Waals surface area (Å²) < 4.78 is 12.2. The summed E-state index contributed by atoms with van der Waals surface area (Å²) in [7, 11) is 0. The highest BCUT2D eigenvalue weighted by Gasteiger charge is 2.48. The van der Waals surface area contributed by atoms with E-state index in [9.17, 15) is 20.1 Å². The molecule has 2 bridgehead atoms. The molecule has 0 aromatic carbocycles. The highest BCUT2D eigenvalue weighted by molar-refractivity contribution is 7.99. The molecule has 0 aromatic rings. The second kappa shape index (κ2) is 11.4. The van der Waals surface area contributed by atoms with E-state index in [1.165, 1.54) is 18.2 Å². The van der Waals surface area contributed by atoms with E-state index in [1.54, 1.807) is 0 Å². The van der Waals surface area contributed by atoms with Gasteiger partial charge in [-0.1, -0.05) is 26.0 Å². The van der Waals surface area contributed by atoms with E-state index in [4.69, 9.17) is 9.47 Å². The van der Waals surface area contributed by atoms with Crippen molar-refractivity contribution in [1.29, 1.82) is 0 Å². The number of carbonyl (C=O) groups is 1. The largest absolute Gasteiger partial charge is 0.388 e. The van der Waals surface area contributed by atoms with E-state index in [0.29, 0.717) is 30.8 Å². The summed E-state index contributed by atoms with van der Waals surface area (Å²) in [5.41, 5.74) is -0.642. The molecule has 0 aromatic heterocycles. The lowest BCUT2D eigenvalue weighted by Gasteiger charge is -2.43. The molecule has 0 aliphatic carbocycles. The van der Waals surface area contributed by atoms with E-state index in [-0.39, 0.29) is 12.0 Å². The molecule has 4 heterocycles. The van der Waals surface area contributed by atoms with Gasteiger partial charge in [-0.15, -0.1) is 11.8 Å². The minimum Gasteiger partial charge on any atom is -0.388 e. The maximum atomic E-state index is 13.4. The SMILES string of the molecule is CC(C)C[C@@H]1CCO[C@@H]2[C@H](CN[C@@H]2C(=O)N[C@@H]2C/C=C\CCS[C@H]3O[C@H]2[C@H](O)[C@H](O)[C@H]3O)C1. The van der Waals surface area contributed by atoms with Gasteiger partial charge in [0.05, 0.1) is 12.1 Å². The summed E-state index contributed by atoms with van der Waals surface area (Å²) in [4.78, 5) is 13.4. The molecule has 10 atom stereocenters. The van der Waals surface area contributed by atoms with Crippen molar-refractivity contribution in [1.82, 2.24) is 10.6 Å². The van der Waals surface area contributed by atoms with Crippen molar-refractivity contribution in [3.8, 4) is 0 Å². The van der Waals surface area contributed by atoms with Crippen LogP contribution < -0.4 is 10.6 Å². The minimum absolute atomic E-state index is 0.162. The van der Waals surface area contributed by atoms with Crippen LogP contribution in [-0.4, -0.2) is 88.2 Å². The number of nitrogens with one attached hydrogen (secondary N) is 2. The number of aliphatic hydroxyl groups excluding tert-OH is 3. The van der Waals surface area contributed by atoms with Crippen LogP contribution >= 0.6 is 11.8 Å². The molecular weight excluding hydrogens is 444 g/mol. The van der Waals surface area contributed by atoms with Crippen LogP contribution in [0, 0.1) is 17.8 Å². The van der Waals surface area contributed by atoms with Gasteiger partial charge in [0.25, 0.3) is 0 Å².